The molecule has 1 N–H and O–H groups in total. The van der Waals surface area contributed by atoms with Crippen molar-refractivity contribution in [2.45, 2.75) is 19.9 Å². The van der Waals surface area contributed by atoms with Crippen molar-refractivity contribution in [2.24, 2.45) is 0 Å². The highest BCUT2D eigenvalue weighted by molar-refractivity contribution is 7.22. The third-order valence-corrected chi connectivity index (χ3v) is 5.10. The first-order chi connectivity index (χ1) is 13.0. The number of benzene rings is 2. The molecule has 27 heavy (non-hydrogen) atoms. The van der Waals surface area contributed by atoms with Crippen molar-refractivity contribution in [1.82, 2.24) is 25.2 Å². The molecule has 2 heterocycles. The van der Waals surface area contributed by atoms with Crippen LogP contribution in [-0.2, 0) is 0 Å². The van der Waals surface area contributed by atoms with Crippen molar-refractivity contribution in [2.75, 3.05) is 5.32 Å². The van der Waals surface area contributed by atoms with E-state index in [4.69, 9.17) is 11.6 Å². The van der Waals surface area contributed by atoms with Crippen LogP contribution in [0.3, 0.4) is 0 Å². The molecular weight excluding hydrogens is 384 g/mol. The lowest BCUT2D eigenvalue weighted by atomic mass is 10.1. The maximum Gasteiger partial charge on any atom is 0.257 e. The summed E-state index contributed by atoms with van der Waals surface area (Å²) < 4.78 is 2.64. The highest BCUT2D eigenvalue weighted by Gasteiger charge is 2.15. The number of amides is 1. The molecule has 9 heteroatoms. The van der Waals surface area contributed by atoms with Gasteiger partial charge in [0, 0.05) is 16.1 Å². The minimum Gasteiger partial charge on any atom is -0.298 e. The Morgan fingerprint density at radius 3 is 2.89 bits per heavy atom. The Balaban J connectivity index is 1.61. The van der Waals surface area contributed by atoms with Gasteiger partial charge in [-0.3, -0.25) is 10.1 Å². The van der Waals surface area contributed by atoms with Gasteiger partial charge in [-0.1, -0.05) is 35.1 Å². The van der Waals surface area contributed by atoms with Crippen LogP contribution in [0.4, 0.5) is 5.13 Å². The molecule has 0 aliphatic rings. The summed E-state index contributed by atoms with van der Waals surface area (Å²) in [6.07, 6.45) is 0. The molecule has 4 rings (SSSR count). The quantitative estimate of drug-likeness (QED) is 0.549. The fraction of sp³-hybridized carbons (Fsp3) is 0.167. The molecule has 0 saturated heterocycles. The van der Waals surface area contributed by atoms with Crippen molar-refractivity contribution < 1.29 is 4.79 Å². The fourth-order valence-electron chi connectivity index (χ4n) is 2.65. The van der Waals surface area contributed by atoms with Crippen LogP contribution < -0.4 is 5.32 Å². The van der Waals surface area contributed by atoms with Crippen LogP contribution >= 0.6 is 22.9 Å². The number of nitrogens with one attached hydrogen (secondary N) is 1. The largest absolute Gasteiger partial charge is 0.298 e. The Bertz CT molecular complexity index is 1140. The van der Waals surface area contributed by atoms with E-state index in [1.807, 2.05) is 38.1 Å². The van der Waals surface area contributed by atoms with Crippen molar-refractivity contribution in [1.29, 1.82) is 0 Å². The van der Waals surface area contributed by atoms with Crippen LogP contribution in [0.25, 0.3) is 21.6 Å². The van der Waals surface area contributed by atoms with Crippen molar-refractivity contribution >= 4 is 44.2 Å². The highest BCUT2D eigenvalue weighted by Crippen LogP contribution is 2.29. The summed E-state index contributed by atoms with van der Waals surface area (Å²) in [7, 11) is 0. The van der Waals surface area contributed by atoms with E-state index in [0.29, 0.717) is 21.5 Å². The van der Waals surface area contributed by atoms with Crippen molar-refractivity contribution in [3.8, 4) is 11.4 Å². The van der Waals surface area contributed by atoms with Crippen LogP contribution in [-0.4, -0.2) is 31.1 Å². The molecule has 0 bridgehead atoms. The fourth-order valence-corrected chi connectivity index (χ4v) is 3.79. The van der Waals surface area contributed by atoms with Crippen LogP contribution in [0, 0.1) is 0 Å². The number of tetrazole rings is 1. The first-order valence-electron chi connectivity index (χ1n) is 8.27. The lowest BCUT2D eigenvalue weighted by Gasteiger charge is -2.08. The number of anilines is 1. The molecule has 0 atom stereocenters. The zero-order chi connectivity index (χ0) is 19.0. The summed E-state index contributed by atoms with van der Waals surface area (Å²) in [4.78, 5) is 17.1. The van der Waals surface area contributed by atoms with Gasteiger partial charge in [0.15, 0.2) is 11.0 Å². The first-order valence-corrected chi connectivity index (χ1v) is 9.46. The van der Waals surface area contributed by atoms with E-state index < -0.39 is 0 Å². The van der Waals surface area contributed by atoms with E-state index in [1.54, 1.807) is 22.9 Å². The summed E-state index contributed by atoms with van der Waals surface area (Å²) in [5.41, 5.74) is 2.07. The third kappa shape index (κ3) is 3.54. The molecule has 0 aliphatic heterocycles. The van der Waals surface area contributed by atoms with Gasteiger partial charge in [0.25, 0.3) is 5.91 Å². The third-order valence-electron chi connectivity index (χ3n) is 3.94. The predicted molar refractivity (Wildman–Crippen MR) is 106 cm³/mol. The molecule has 2 aromatic heterocycles. The van der Waals surface area contributed by atoms with Gasteiger partial charge in [0.2, 0.25) is 0 Å². The van der Waals surface area contributed by atoms with Gasteiger partial charge in [0.05, 0.1) is 16.3 Å². The molecule has 2 aromatic carbocycles. The normalized spacial score (nSPS) is 11.3. The average molecular weight is 399 g/mol. The Labute approximate surface area is 164 Å². The standard InChI is InChI=1S/C18H15ClN6OS/c1-10(2)25-16(22-23-24-25)11-4-3-5-12(8-11)17(26)21-18-20-14-7-6-13(19)9-15(14)27-18/h3-10H,1-2H3,(H,20,21,26). The van der Waals surface area contributed by atoms with E-state index in [0.717, 1.165) is 15.8 Å². The Kier molecular flexibility index (Phi) is 4.59. The van der Waals surface area contributed by atoms with Crippen molar-refractivity contribution in [3.63, 3.8) is 0 Å². The number of thiazole rings is 1. The summed E-state index contributed by atoms with van der Waals surface area (Å²) >= 11 is 7.38. The van der Waals surface area contributed by atoms with Gasteiger partial charge in [-0.25, -0.2) is 9.67 Å². The van der Waals surface area contributed by atoms with Gasteiger partial charge in [0.1, 0.15) is 0 Å². The first kappa shape index (κ1) is 17.6. The Morgan fingerprint density at radius 2 is 2.07 bits per heavy atom. The lowest BCUT2D eigenvalue weighted by molar-refractivity contribution is 0.102. The lowest BCUT2D eigenvalue weighted by Crippen LogP contribution is -2.12. The molecule has 7 nitrogen and oxygen atoms in total. The van der Waals surface area contributed by atoms with Gasteiger partial charge < -0.3 is 0 Å². The molecule has 0 fully saturated rings. The Hall–Kier alpha value is -2.84. The number of hydrogen-bond acceptors (Lipinski definition) is 6. The predicted octanol–water partition coefficient (Wildman–Crippen LogP) is 4.44. The second kappa shape index (κ2) is 7.05. The number of rotatable bonds is 4. The molecule has 0 radical (unpaired) electrons. The number of halogens is 1. The van der Waals surface area contributed by atoms with Gasteiger partial charge in [-0.05, 0) is 54.6 Å². The summed E-state index contributed by atoms with van der Waals surface area (Å²) in [5, 5.41) is 15.8. The van der Waals surface area contributed by atoms with Crippen LogP contribution in [0.1, 0.15) is 30.2 Å². The summed E-state index contributed by atoms with van der Waals surface area (Å²) in [6, 6.07) is 12.7. The topological polar surface area (TPSA) is 85.6 Å². The molecule has 0 saturated carbocycles. The Morgan fingerprint density at radius 1 is 1.22 bits per heavy atom. The number of nitrogens with zero attached hydrogens (tertiary/aromatic N) is 5. The van der Waals surface area contributed by atoms with E-state index in [-0.39, 0.29) is 11.9 Å². The number of fused-ring (bicyclic) bond motifs is 1. The van der Waals surface area contributed by atoms with E-state index in [9.17, 15) is 4.79 Å². The highest BCUT2D eigenvalue weighted by atomic mass is 35.5. The molecule has 0 unspecified atom stereocenters. The number of carbonyl (C=O) groups is 1. The monoisotopic (exact) mass is 398 g/mol. The van der Waals surface area contributed by atoms with E-state index in [2.05, 4.69) is 25.8 Å². The smallest absolute Gasteiger partial charge is 0.257 e. The molecule has 1 amide bonds. The molecular formula is C18H15ClN6OS. The van der Waals surface area contributed by atoms with Crippen LogP contribution in [0.5, 0.6) is 0 Å². The van der Waals surface area contributed by atoms with Gasteiger partial charge in [-0.15, -0.1) is 5.10 Å². The van der Waals surface area contributed by atoms with Gasteiger partial charge >= 0.3 is 0 Å². The number of carbonyl (C=O) groups excluding carboxylic acids is 1. The zero-order valence-corrected chi connectivity index (χ0v) is 16.1. The van der Waals surface area contributed by atoms with E-state index >= 15 is 0 Å². The van der Waals surface area contributed by atoms with Crippen molar-refractivity contribution in [3.05, 3.63) is 53.1 Å². The van der Waals surface area contributed by atoms with Crippen LogP contribution in [0.2, 0.25) is 5.02 Å². The maximum atomic E-state index is 12.7. The maximum absolute atomic E-state index is 12.7. The molecule has 136 valence electrons. The van der Waals surface area contributed by atoms with Gasteiger partial charge in [-0.2, -0.15) is 0 Å². The minimum absolute atomic E-state index is 0.113. The molecule has 4 aromatic rings. The average Bonchev–Trinajstić information content (AvgIpc) is 3.28. The zero-order valence-electron chi connectivity index (χ0n) is 14.5. The summed E-state index contributed by atoms with van der Waals surface area (Å²) in [6.45, 7) is 3.99. The molecule has 0 aliphatic carbocycles. The molecule has 0 spiro atoms. The van der Waals surface area contributed by atoms with E-state index in [1.165, 1.54) is 11.3 Å². The SMILES string of the molecule is CC(C)n1nnnc1-c1cccc(C(=O)Nc2nc3ccc(Cl)cc3s2)c1. The number of aromatic nitrogens is 5. The second-order valence-corrected chi connectivity index (χ2v) is 7.67. The van der Waals surface area contributed by atoms with Crippen LogP contribution in [0.15, 0.2) is 42.5 Å². The minimum atomic E-state index is -0.245. The number of hydrogen-bond donors (Lipinski definition) is 1. The summed E-state index contributed by atoms with van der Waals surface area (Å²) in [5.74, 6) is 0.375. The second-order valence-electron chi connectivity index (χ2n) is 6.21.